The van der Waals surface area contributed by atoms with Crippen LogP contribution in [0.25, 0.3) is 0 Å². The fraction of sp³-hybridized carbons (Fsp3) is 0.625. The van der Waals surface area contributed by atoms with Crippen LogP contribution in [0.3, 0.4) is 0 Å². The van der Waals surface area contributed by atoms with Gasteiger partial charge in [0.05, 0.1) is 17.6 Å². The smallest absolute Gasteiger partial charge is 0.243 e. The molecule has 0 spiro atoms. The second-order valence-corrected chi connectivity index (χ2v) is 8.46. The number of hydrogen-bond acceptors (Lipinski definition) is 4. The van der Waals surface area contributed by atoms with E-state index in [9.17, 15) is 8.42 Å². The zero-order valence-electron chi connectivity index (χ0n) is 13.2. The molecule has 22 heavy (non-hydrogen) atoms. The lowest BCUT2D eigenvalue weighted by Gasteiger charge is -2.35. The summed E-state index contributed by atoms with van der Waals surface area (Å²) >= 11 is 0. The Kier molecular flexibility index (Phi) is 4.54. The van der Waals surface area contributed by atoms with Crippen LogP contribution in [-0.4, -0.2) is 64.1 Å². The molecule has 3 atom stereocenters. The van der Waals surface area contributed by atoms with Gasteiger partial charge in [-0.15, -0.1) is 0 Å². The van der Waals surface area contributed by atoms with Gasteiger partial charge in [0.15, 0.2) is 0 Å². The average Bonchev–Trinajstić information content (AvgIpc) is 2.90. The van der Waals surface area contributed by atoms with Gasteiger partial charge in [-0.25, -0.2) is 8.42 Å². The Labute approximate surface area is 132 Å². The van der Waals surface area contributed by atoms with Crippen LogP contribution in [0.2, 0.25) is 0 Å². The van der Waals surface area contributed by atoms with Gasteiger partial charge >= 0.3 is 0 Å². The molecule has 2 heterocycles. The van der Waals surface area contributed by atoms with Crippen LogP contribution in [0.15, 0.2) is 35.2 Å². The van der Waals surface area contributed by atoms with Crippen molar-refractivity contribution in [2.24, 2.45) is 11.8 Å². The van der Waals surface area contributed by atoms with Gasteiger partial charge in [0.1, 0.15) is 0 Å². The molecule has 0 unspecified atom stereocenters. The van der Waals surface area contributed by atoms with Gasteiger partial charge in [-0.3, -0.25) is 0 Å². The Morgan fingerprint density at radius 3 is 2.68 bits per heavy atom. The molecule has 2 saturated heterocycles. The van der Waals surface area contributed by atoms with E-state index in [2.05, 4.69) is 4.90 Å². The van der Waals surface area contributed by atoms with Gasteiger partial charge in [-0.2, -0.15) is 4.31 Å². The van der Waals surface area contributed by atoms with Crippen LogP contribution >= 0.6 is 0 Å². The van der Waals surface area contributed by atoms with Crippen LogP contribution in [0.1, 0.15) is 6.42 Å². The fourth-order valence-electron chi connectivity index (χ4n) is 3.56. The van der Waals surface area contributed by atoms with Gasteiger partial charge in [0.25, 0.3) is 0 Å². The minimum absolute atomic E-state index is 0.238. The SMILES string of the molecule is CN(C)C[C@@H]1OC[C@H]2CN(S(=O)(=O)c3ccccc3)CC[C@H]21. The van der Waals surface area contributed by atoms with Gasteiger partial charge in [0, 0.05) is 25.6 Å². The van der Waals surface area contributed by atoms with Crippen LogP contribution < -0.4 is 0 Å². The van der Waals surface area contributed by atoms with Crippen molar-refractivity contribution in [2.75, 3.05) is 40.3 Å². The Bertz CT molecular complexity index is 603. The van der Waals surface area contributed by atoms with Crippen LogP contribution in [0, 0.1) is 11.8 Å². The molecule has 2 aliphatic heterocycles. The Balaban J connectivity index is 1.71. The number of likely N-dealkylation sites (N-methyl/N-ethyl adjacent to an activating group) is 1. The summed E-state index contributed by atoms with van der Waals surface area (Å²) < 4.78 is 33.0. The van der Waals surface area contributed by atoms with E-state index in [0.29, 0.717) is 36.4 Å². The van der Waals surface area contributed by atoms with Crippen molar-refractivity contribution in [1.29, 1.82) is 0 Å². The standard InChI is InChI=1S/C16H24N2O3S/c1-17(2)11-16-15-8-9-18(10-13(15)12-21-16)22(19,20)14-6-4-3-5-7-14/h3-7,13,15-16H,8-12H2,1-2H3/t13-,15-,16+/m1/s1. The lowest BCUT2D eigenvalue weighted by Crippen LogP contribution is -2.45. The van der Waals surface area contributed by atoms with E-state index in [1.165, 1.54) is 0 Å². The molecule has 0 radical (unpaired) electrons. The molecule has 0 aliphatic carbocycles. The van der Waals surface area contributed by atoms with E-state index in [0.717, 1.165) is 13.0 Å². The first-order chi connectivity index (χ1) is 10.5. The highest BCUT2D eigenvalue weighted by atomic mass is 32.2. The minimum atomic E-state index is -3.37. The zero-order chi connectivity index (χ0) is 15.7. The van der Waals surface area contributed by atoms with Crippen molar-refractivity contribution in [2.45, 2.75) is 17.4 Å². The van der Waals surface area contributed by atoms with E-state index < -0.39 is 10.0 Å². The number of hydrogen-bond donors (Lipinski definition) is 0. The lowest BCUT2D eigenvalue weighted by molar-refractivity contribution is 0.0653. The molecule has 0 aromatic heterocycles. The molecule has 122 valence electrons. The molecule has 0 N–H and O–H groups in total. The molecule has 3 rings (SSSR count). The Morgan fingerprint density at radius 1 is 1.27 bits per heavy atom. The average molecular weight is 324 g/mol. The number of benzene rings is 1. The third-order valence-electron chi connectivity index (χ3n) is 4.68. The maximum absolute atomic E-state index is 12.7. The summed E-state index contributed by atoms with van der Waals surface area (Å²) in [5.41, 5.74) is 0. The number of fused-ring (bicyclic) bond motifs is 1. The van der Waals surface area contributed by atoms with Crippen molar-refractivity contribution in [3.63, 3.8) is 0 Å². The van der Waals surface area contributed by atoms with Crippen LogP contribution in [-0.2, 0) is 14.8 Å². The molecule has 0 saturated carbocycles. The van der Waals surface area contributed by atoms with Crippen LogP contribution in [0.5, 0.6) is 0 Å². The highest BCUT2D eigenvalue weighted by Crippen LogP contribution is 2.36. The highest BCUT2D eigenvalue weighted by molar-refractivity contribution is 7.89. The molecule has 1 aromatic carbocycles. The topological polar surface area (TPSA) is 49.9 Å². The third kappa shape index (κ3) is 3.06. The number of ether oxygens (including phenoxy) is 1. The van der Waals surface area contributed by atoms with E-state index in [1.54, 1.807) is 28.6 Å². The third-order valence-corrected chi connectivity index (χ3v) is 6.56. The van der Waals surface area contributed by atoms with E-state index in [4.69, 9.17) is 4.74 Å². The molecule has 5 nitrogen and oxygen atoms in total. The van der Waals surface area contributed by atoms with Crippen molar-refractivity contribution in [3.8, 4) is 0 Å². The lowest BCUT2D eigenvalue weighted by atomic mass is 9.85. The summed E-state index contributed by atoms with van der Waals surface area (Å²) in [6.45, 7) is 2.74. The summed E-state index contributed by atoms with van der Waals surface area (Å²) in [4.78, 5) is 2.53. The minimum Gasteiger partial charge on any atom is -0.376 e. The second kappa shape index (κ2) is 6.28. The highest BCUT2D eigenvalue weighted by Gasteiger charge is 2.43. The van der Waals surface area contributed by atoms with Crippen molar-refractivity contribution in [3.05, 3.63) is 30.3 Å². The van der Waals surface area contributed by atoms with Crippen LogP contribution in [0.4, 0.5) is 0 Å². The first-order valence-electron chi connectivity index (χ1n) is 7.80. The van der Waals surface area contributed by atoms with E-state index in [1.807, 2.05) is 20.2 Å². The summed E-state index contributed by atoms with van der Waals surface area (Å²) in [5, 5.41) is 0. The summed E-state index contributed by atoms with van der Waals surface area (Å²) in [6.07, 6.45) is 1.12. The predicted octanol–water partition coefficient (Wildman–Crippen LogP) is 1.27. The van der Waals surface area contributed by atoms with Crippen molar-refractivity contribution < 1.29 is 13.2 Å². The molecule has 0 bridgehead atoms. The summed E-state index contributed by atoms with van der Waals surface area (Å²) in [5.74, 6) is 0.793. The van der Waals surface area contributed by atoms with Crippen molar-refractivity contribution in [1.82, 2.24) is 9.21 Å². The monoisotopic (exact) mass is 324 g/mol. The maximum Gasteiger partial charge on any atom is 0.243 e. The van der Waals surface area contributed by atoms with Gasteiger partial charge in [0.2, 0.25) is 10.0 Å². The number of piperidine rings is 1. The number of nitrogens with zero attached hydrogens (tertiary/aromatic N) is 2. The maximum atomic E-state index is 12.7. The van der Waals surface area contributed by atoms with Gasteiger partial charge in [-0.1, -0.05) is 18.2 Å². The Morgan fingerprint density at radius 2 is 2.00 bits per heavy atom. The first kappa shape index (κ1) is 15.9. The van der Waals surface area contributed by atoms with Gasteiger partial charge < -0.3 is 9.64 Å². The number of rotatable bonds is 4. The number of sulfonamides is 1. The fourth-order valence-corrected chi connectivity index (χ4v) is 5.09. The quantitative estimate of drug-likeness (QED) is 0.837. The molecule has 6 heteroatoms. The normalized spacial score (nSPS) is 29.7. The molecular formula is C16H24N2O3S. The zero-order valence-corrected chi connectivity index (χ0v) is 14.0. The van der Waals surface area contributed by atoms with Gasteiger partial charge in [-0.05, 0) is 38.6 Å². The first-order valence-corrected chi connectivity index (χ1v) is 9.24. The Hall–Kier alpha value is -0.950. The summed E-state index contributed by atoms with van der Waals surface area (Å²) in [6, 6.07) is 8.71. The molecule has 2 fully saturated rings. The predicted molar refractivity (Wildman–Crippen MR) is 85.1 cm³/mol. The largest absolute Gasteiger partial charge is 0.376 e. The molecule has 0 amide bonds. The molecule has 2 aliphatic rings. The molecular weight excluding hydrogens is 300 g/mol. The van der Waals surface area contributed by atoms with Crippen molar-refractivity contribution >= 4 is 10.0 Å². The van der Waals surface area contributed by atoms with E-state index >= 15 is 0 Å². The summed E-state index contributed by atoms with van der Waals surface area (Å²) in [7, 11) is 0.721. The molecule has 1 aromatic rings. The van der Waals surface area contributed by atoms with E-state index in [-0.39, 0.29) is 6.10 Å². The second-order valence-electron chi connectivity index (χ2n) is 6.52.